The molecule has 3 atom stereocenters. The Morgan fingerprint density at radius 1 is 0.815 bits per heavy atom. The van der Waals surface area contributed by atoms with Crippen molar-refractivity contribution in [2.75, 3.05) is 0 Å². The van der Waals surface area contributed by atoms with Gasteiger partial charge in [0.1, 0.15) is 6.10 Å². The molecule has 1 heterocycles. The summed E-state index contributed by atoms with van der Waals surface area (Å²) in [6, 6.07) is 30.2. The van der Waals surface area contributed by atoms with Gasteiger partial charge in [0.05, 0.1) is 17.7 Å². The van der Waals surface area contributed by atoms with Crippen molar-refractivity contribution in [2.24, 2.45) is 10.9 Å². The average molecular weight is 352 g/mol. The standard InChI is InChI=1S/C24H20N2O/c1-17-22(19-14-12-18(16-25)13-15-19)26-24(21-10-6-3-7-11-21)27-23(17)20-8-4-2-5-9-20/h2-15,17,22-23H,1H3/t17-,22+,23-/m1/s1. The van der Waals surface area contributed by atoms with Gasteiger partial charge in [-0.1, -0.05) is 67.6 Å². The molecule has 3 heteroatoms. The molecule has 3 nitrogen and oxygen atoms in total. The normalized spacial score (nSPS) is 21.6. The van der Waals surface area contributed by atoms with E-state index in [2.05, 4.69) is 25.1 Å². The first-order valence-corrected chi connectivity index (χ1v) is 9.11. The summed E-state index contributed by atoms with van der Waals surface area (Å²) in [6.45, 7) is 2.17. The fourth-order valence-electron chi connectivity index (χ4n) is 3.54. The molecule has 0 spiro atoms. The first-order valence-electron chi connectivity index (χ1n) is 9.11. The lowest BCUT2D eigenvalue weighted by molar-refractivity contribution is 0.0955. The van der Waals surface area contributed by atoms with Gasteiger partial charge in [0.2, 0.25) is 5.90 Å². The predicted molar refractivity (Wildman–Crippen MR) is 106 cm³/mol. The molecule has 0 fully saturated rings. The molecule has 0 N–H and O–H groups in total. The van der Waals surface area contributed by atoms with Gasteiger partial charge in [0, 0.05) is 11.5 Å². The number of benzene rings is 3. The summed E-state index contributed by atoms with van der Waals surface area (Å²) in [5.74, 6) is 0.824. The van der Waals surface area contributed by atoms with Gasteiger partial charge in [-0.3, -0.25) is 0 Å². The highest BCUT2D eigenvalue weighted by Gasteiger charge is 2.35. The summed E-state index contributed by atoms with van der Waals surface area (Å²) in [4.78, 5) is 4.95. The molecule has 1 aliphatic rings. The van der Waals surface area contributed by atoms with Crippen LogP contribution in [0, 0.1) is 17.2 Å². The molecule has 3 aromatic carbocycles. The first-order chi connectivity index (χ1) is 13.3. The quantitative estimate of drug-likeness (QED) is 0.629. The summed E-state index contributed by atoms with van der Waals surface area (Å²) in [6.07, 6.45) is -0.0838. The molecule has 132 valence electrons. The van der Waals surface area contributed by atoms with E-state index in [1.165, 1.54) is 0 Å². The highest BCUT2D eigenvalue weighted by molar-refractivity contribution is 5.94. The highest BCUT2D eigenvalue weighted by atomic mass is 16.5. The van der Waals surface area contributed by atoms with Crippen molar-refractivity contribution >= 4 is 5.90 Å². The summed E-state index contributed by atoms with van der Waals surface area (Å²) in [5, 5.41) is 9.07. The van der Waals surface area contributed by atoms with Gasteiger partial charge in [-0.2, -0.15) is 5.26 Å². The third-order valence-corrected chi connectivity index (χ3v) is 5.00. The summed E-state index contributed by atoms with van der Waals surface area (Å²) in [7, 11) is 0. The van der Waals surface area contributed by atoms with Crippen LogP contribution in [0.2, 0.25) is 0 Å². The van der Waals surface area contributed by atoms with Crippen molar-refractivity contribution in [2.45, 2.75) is 19.1 Å². The van der Waals surface area contributed by atoms with Crippen LogP contribution < -0.4 is 0 Å². The van der Waals surface area contributed by atoms with Crippen LogP contribution in [0.5, 0.6) is 0 Å². The molecule has 27 heavy (non-hydrogen) atoms. The van der Waals surface area contributed by atoms with E-state index in [1.807, 2.05) is 72.8 Å². The van der Waals surface area contributed by atoms with Crippen LogP contribution in [0.1, 0.15) is 41.3 Å². The molecular weight excluding hydrogens is 332 g/mol. The second kappa shape index (κ2) is 7.47. The number of nitrogens with zero attached hydrogens (tertiary/aromatic N) is 2. The van der Waals surface area contributed by atoms with Crippen molar-refractivity contribution in [1.82, 2.24) is 0 Å². The Labute approximate surface area is 159 Å². The second-order valence-electron chi connectivity index (χ2n) is 6.79. The Kier molecular flexibility index (Phi) is 4.72. The SMILES string of the molecule is C[C@@H]1[C@@H](c2ccc(C#N)cc2)N=C(c2ccccc2)O[C@H]1c1ccccc1. The number of aliphatic imine (C=N–C) groups is 1. The molecular formula is C24H20N2O. The minimum absolute atomic E-state index is 0.0353. The molecule has 3 aromatic rings. The number of ether oxygens (including phenoxy) is 1. The van der Waals surface area contributed by atoms with E-state index < -0.39 is 0 Å². The Bertz CT molecular complexity index is 972. The van der Waals surface area contributed by atoms with Crippen molar-refractivity contribution < 1.29 is 4.74 Å². The summed E-state index contributed by atoms with van der Waals surface area (Å²) in [5.41, 5.74) is 3.88. The van der Waals surface area contributed by atoms with Crippen LogP contribution in [0.3, 0.4) is 0 Å². The van der Waals surface area contributed by atoms with Gasteiger partial charge >= 0.3 is 0 Å². The maximum Gasteiger partial charge on any atom is 0.217 e. The molecule has 0 amide bonds. The summed E-state index contributed by atoms with van der Waals surface area (Å²) >= 11 is 0. The van der Waals surface area contributed by atoms with Gasteiger partial charge in [-0.25, -0.2) is 4.99 Å². The van der Waals surface area contributed by atoms with Crippen LogP contribution in [0.15, 0.2) is 89.9 Å². The van der Waals surface area contributed by atoms with E-state index in [0.717, 1.165) is 16.7 Å². The molecule has 0 radical (unpaired) electrons. The monoisotopic (exact) mass is 352 g/mol. The summed E-state index contributed by atoms with van der Waals surface area (Å²) < 4.78 is 6.37. The molecule has 0 saturated heterocycles. The number of hydrogen-bond donors (Lipinski definition) is 0. The molecule has 0 bridgehead atoms. The first kappa shape index (κ1) is 17.1. The molecule has 1 aliphatic heterocycles. The van der Waals surface area contributed by atoms with Crippen LogP contribution in [0.25, 0.3) is 0 Å². The minimum atomic E-state index is -0.0838. The zero-order valence-corrected chi connectivity index (χ0v) is 15.1. The third kappa shape index (κ3) is 3.47. The average Bonchev–Trinajstić information content (AvgIpc) is 2.75. The van der Waals surface area contributed by atoms with Gasteiger partial charge in [-0.05, 0) is 35.4 Å². The number of nitriles is 1. The predicted octanol–water partition coefficient (Wildman–Crippen LogP) is 5.45. The molecule has 0 saturated carbocycles. The molecule has 4 rings (SSSR count). The highest BCUT2D eigenvalue weighted by Crippen LogP contribution is 2.42. The van der Waals surface area contributed by atoms with Crippen molar-refractivity contribution in [1.29, 1.82) is 5.26 Å². The maximum absolute atomic E-state index is 9.07. The second-order valence-corrected chi connectivity index (χ2v) is 6.79. The molecule has 0 aromatic heterocycles. The number of hydrogen-bond acceptors (Lipinski definition) is 3. The zero-order chi connectivity index (χ0) is 18.6. The van der Waals surface area contributed by atoms with Crippen LogP contribution in [0.4, 0.5) is 0 Å². The zero-order valence-electron chi connectivity index (χ0n) is 15.1. The lowest BCUT2D eigenvalue weighted by Gasteiger charge is -2.35. The van der Waals surface area contributed by atoms with Gasteiger partial charge in [-0.15, -0.1) is 0 Å². The van der Waals surface area contributed by atoms with E-state index in [9.17, 15) is 0 Å². The maximum atomic E-state index is 9.07. The van der Waals surface area contributed by atoms with E-state index in [-0.39, 0.29) is 18.1 Å². The van der Waals surface area contributed by atoms with Crippen molar-refractivity contribution in [3.05, 3.63) is 107 Å². The van der Waals surface area contributed by atoms with E-state index in [4.69, 9.17) is 15.0 Å². The lowest BCUT2D eigenvalue weighted by atomic mass is 9.85. The van der Waals surface area contributed by atoms with Gasteiger partial charge in [0.25, 0.3) is 0 Å². The molecule has 0 unspecified atom stereocenters. The topological polar surface area (TPSA) is 45.4 Å². The smallest absolute Gasteiger partial charge is 0.217 e. The molecule has 0 aliphatic carbocycles. The third-order valence-electron chi connectivity index (χ3n) is 5.00. The Balaban J connectivity index is 1.78. The van der Waals surface area contributed by atoms with Gasteiger partial charge in [0.15, 0.2) is 0 Å². The lowest BCUT2D eigenvalue weighted by Crippen LogP contribution is -2.28. The van der Waals surface area contributed by atoms with E-state index in [0.29, 0.717) is 11.5 Å². The Morgan fingerprint density at radius 2 is 1.44 bits per heavy atom. The Hall–Kier alpha value is -3.38. The van der Waals surface area contributed by atoms with Crippen molar-refractivity contribution in [3.8, 4) is 6.07 Å². The van der Waals surface area contributed by atoms with Crippen LogP contribution in [-0.2, 0) is 4.74 Å². The van der Waals surface area contributed by atoms with Crippen LogP contribution >= 0.6 is 0 Å². The number of rotatable bonds is 3. The van der Waals surface area contributed by atoms with Crippen molar-refractivity contribution in [3.63, 3.8) is 0 Å². The van der Waals surface area contributed by atoms with Gasteiger partial charge < -0.3 is 4.74 Å². The Morgan fingerprint density at radius 3 is 2.07 bits per heavy atom. The van der Waals surface area contributed by atoms with E-state index >= 15 is 0 Å². The fourth-order valence-corrected chi connectivity index (χ4v) is 3.54. The van der Waals surface area contributed by atoms with Crippen LogP contribution in [-0.4, -0.2) is 5.90 Å². The van der Waals surface area contributed by atoms with E-state index in [1.54, 1.807) is 0 Å². The largest absolute Gasteiger partial charge is 0.469 e. The fraction of sp³-hybridized carbons (Fsp3) is 0.167. The minimum Gasteiger partial charge on any atom is -0.469 e.